The first-order chi connectivity index (χ1) is 7.70. The maximum Gasteiger partial charge on any atom is 0.0595 e. The van der Waals surface area contributed by atoms with Crippen LogP contribution in [0.15, 0.2) is 31.1 Å². The molecule has 4 heteroatoms. The van der Waals surface area contributed by atoms with Gasteiger partial charge in [-0.2, -0.15) is 5.10 Å². The quantitative estimate of drug-likeness (QED) is 0.849. The van der Waals surface area contributed by atoms with Crippen LogP contribution >= 0.6 is 0 Å². The molecule has 0 saturated carbocycles. The zero-order valence-corrected chi connectivity index (χ0v) is 9.64. The fourth-order valence-corrected chi connectivity index (χ4v) is 1.66. The van der Waals surface area contributed by atoms with E-state index in [-0.39, 0.29) is 0 Å². The van der Waals surface area contributed by atoms with Crippen LogP contribution in [0.4, 0.5) is 0 Å². The van der Waals surface area contributed by atoms with Gasteiger partial charge < -0.3 is 5.43 Å². The highest BCUT2D eigenvalue weighted by molar-refractivity contribution is 5.20. The lowest BCUT2D eigenvalue weighted by atomic mass is 10.4. The van der Waals surface area contributed by atoms with Crippen LogP contribution in [0.25, 0.3) is 6.20 Å². The molecule has 0 amide bonds. The van der Waals surface area contributed by atoms with Gasteiger partial charge in [-0.1, -0.05) is 6.58 Å². The third-order valence-electron chi connectivity index (χ3n) is 2.55. The summed E-state index contributed by atoms with van der Waals surface area (Å²) in [4.78, 5) is 0. The molecule has 84 valence electrons. The van der Waals surface area contributed by atoms with Gasteiger partial charge in [-0.3, -0.25) is 4.68 Å². The Balaban J connectivity index is 2.04. The van der Waals surface area contributed by atoms with Crippen molar-refractivity contribution in [2.45, 2.75) is 20.4 Å². The number of aryl methyl sites for hydroxylation is 2. The minimum absolute atomic E-state index is 0.754. The Bertz CT molecular complexity index is 473. The van der Waals surface area contributed by atoms with Gasteiger partial charge in [0.1, 0.15) is 0 Å². The van der Waals surface area contributed by atoms with Crippen LogP contribution in [0.5, 0.6) is 0 Å². The minimum Gasteiger partial charge on any atom is -0.321 e. The lowest BCUT2D eigenvalue weighted by molar-refractivity contribution is 0.792. The average molecular weight is 216 g/mol. The van der Waals surface area contributed by atoms with Crippen LogP contribution in [-0.4, -0.2) is 14.5 Å². The second-order valence-corrected chi connectivity index (χ2v) is 3.80. The number of nitrogens with zero attached hydrogens (tertiary/aromatic N) is 3. The van der Waals surface area contributed by atoms with Gasteiger partial charge in [-0.15, -0.1) is 0 Å². The molecule has 2 heterocycles. The molecule has 2 aromatic heterocycles. The third kappa shape index (κ3) is 2.00. The van der Waals surface area contributed by atoms with Crippen LogP contribution in [-0.2, 0) is 6.54 Å². The fourth-order valence-electron chi connectivity index (χ4n) is 1.66. The van der Waals surface area contributed by atoms with Gasteiger partial charge in [0, 0.05) is 29.3 Å². The van der Waals surface area contributed by atoms with E-state index in [4.69, 9.17) is 0 Å². The molecule has 0 aliphatic rings. The third-order valence-corrected chi connectivity index (χ3v) is 2.55. The molecule has 0 aliphatic heterocycles. The Morgan fingerprint density at radius 2 is 2.06 bits per heavy atom. The molecule has 0 aromatic carbocycles. The number of nitrogens with one attached hydrogen (secondary N) is 1. The van der Waals surface area contributed by atoms with Crippen molar-refractivity contribution in [3.63, 3.8) is 0 Å². The van der Waals surface area contributed by atoms with Crippen LogP contribution in [0.2, 0.25) is 0 Å². The normalized spacial score (nSPS) is 10.4. The predicted molar refractivity (Wildman–Crippen MR) is 65.6 cm³/mol. The van der Waals surface area contributed by atoms with Gasteiger partial charge >= 0.3 is 0 Å². The number of hydrogen-bond acceptors (Lipinski definition) is 2. The maximum atomic E-state index is 4.13. The Labute approximate surface area is 95.2 Å². The molecule has 4 nitrogen and oxygen atoms in total. The minimum atomic E-state index is 0.754. The van der Waals surface area contributed by atoms with Crippen LogP contribution in [0.3, 0.4) is 0 Å². The highest BCUT2D eigenvalue weighted by Gasteiger charge is 2.01. The molecule has 0 fully saturated rings. The molecule has 0 atom stereocenters. The van der Waals surface area contributed by atoms with Crippen molar-refractivity contribution in [2.75, 3.05) is 5.43 Å². The number of aromatic nitrogens is 3. The monoisotopic (exact) mass is 216 g/mol. The van der Waals surface area contributed by atoms with Crippen LogP contribution in [0.1, 0.15) is 17.0 Å². The SMILES string of the molecule is C=Cn1cc(CNn2c(C)ccc2C)cn1. The fraction of sp³-hybridized carbons (Fsp3) is 0.250. The predicted octanol–water partition coefficient (Wildman–Crippen LogP) is 2.15. The standard InChI is InChI=1S/C12H16N4/c1-4-15-9-12(7-13-15)8-14-16-10(2)5-6-11(16)3/h4-7,9,14H,1,8H2,2-3H3. The maximum absolute atomic E-state index is 4.13. The van der Waals surface area contributed by atoms with Gasteiger partial charge in [0.25, 0.3) is 0 Å². The van der Waals surface area contributed by atoms with E-state index in [1.54, 1.807) is 10.9 Å². The first kappa shape index (κ1) is 10.5. The summed E-state index contributed by atoms with van der Waals surface area (Å²) < 4.78 is 3.78. The molecular formula is C12H16N4. The molecule has 0 unspecified atom stereocenters. The van der Waals surface area contributed by atoms with Gasteiger partial charge in [-0.05, 0) is 26.0 Å². The molecule has 0 spiro atoms. The molecule has 0 aliphatic carbocycles. The van der Waals surface area contributed by atoms with Gasteiger partial charge in [0.05, 0.1) is 12.7 Å². The summed E-state index contributed by atoms with van der Waals surface area (Å²) in [5, 5.41) is 4.13. The lowest BCUT2D eigenvalue weighted by Gasteiger charge is -2.11. The largest absolute Gasteiger partial charge is 0.321 e. The topological polar surface area (TPSA) is 34.8 Å². The zero-order valence-electron chi connectivity index (χ0n) is 9.64. The smallest absolute Gasteiger partial charge is 0.0595 e. The molecule has 16 heavy (non-hydrogen) atoms. The molecule has 2 aromatic rings. The van der Waals surface area contributed by atoms with Crippen molar-refractivity contribution < 1.29 is 0 Å². The Morgan fingerprint density at radius 3 is 2.62 bits per heavy atom. The van der Waals surface area contributed by atoms with Crippen LogP contribution < -0.4 is 5.43 Å². The van der Waals surface area contributed by atoms with E-state index in [0.717, 1.165) is 12.1 Å². The van der Waals surface area contributed by atoms with E-state index in [1.165, 1.54) is 11.4 Å². The molecule has 0 bridgehead atoms. The highest BCUT2D eigenvalue weighted by Crippen LogP contribution is 2.05. The highest BCUT2D eigenvalue weighted by atomic mass is 15.4. The van der Waals surface area contributed by atoms with Gasteiger partial charge in [0.15, 0.2) is 0 Å². The van der Waals surface area contributed by atoms with Crippen molar-refractivity contribution in [3.8, 4) is 0 Å². The lowest BCUT2D eigenvalue weighted by Crippen LogP contribution is -2.16. The van der Waals surface area contributed by atoms with Crippen molar-refractivity contribution in [1.29, 1.82) is 0 Å². The van der Waals surface area contributed by atoms with Crippen molar-refractivity contribution in [2.24, 2.45) is 0 Å². The Hall–Kier alpha value is -1.97. The molecule has 0 saturated heterocycles. The van der Waals surface area contributed by atoms with E-state index in [2.05, 4.69) is 47.8 Å². The summed E-state index contributed by atoms with van der Waals surface area (Å²) in [7, 11) is 0. The second kappa shape index (κ2) is 4.26. The van der Waals surface area contributed by atoms with Gasteiger partial charge in [0.2, 0.25) is 0 Å². The van der Waals surface area contributed by atoms with Crippen molar-refractivity contribution >= 4 is 6.20 Å². The van der Waals surface area contributed by atoms with Gasteiger partial charge in [-0.25, -0.2) is 4.68 Å². The van der Waals surface area contributed by atoms with E-state index in [0.29, 0.717) is 0 Å². The zero-order chi connectivity index (χ0) is 11.5. The van der Waals surface area contributed by atoms with E-state index in [9.17, 15) is 0 Å². The number of hydrogen-bond donors (Lipinski definition) is 1. The Kier molecular flexibility index (Phi) is 2.81. The second-order valence-electron chi connectivity index (χ2n) is 3.80. The van der Waals surface area contributed by atoms with Crippen molar-refractivity contribution in [1.82, 2.24) is 14.5 Å². The number of rotatable bonds is 4. The summed E-state index contributed by atoms with van der Waals surface area (Å²) >= 11 is 0. The van der Waals surface area contributed by atoms with E-state index >= 15 is 0 Å². The first-order valence-corrected chi connectivity index (χ1v) is 5.25. The summed E-state index contributed by atoms with van der Waals surface area (Å²) in [5.74, 6) is 0. The van der Waals surface area contributed by atoms with Crippen LogP contribution in [0, 0.1) is 13.8 Å². The molecule has 1 N–H and O–H groups in total. The molecule has 2 rings (SSSR count). The summed E-state index contributed by atoms with van der Waals surface area (Å²) in [6.45, 7) is 8.56. The van der Waals surface area contributed by atoms with E-state index in [1.807, 2.05) is 12.4 Å². The molecule has 0 radical (unpaired) electrons. The molecular weight excluding hydrogens is 200 g/mol. The van der Waals surface area contributed by atoms with E-state index < -0.39 is 0 Å². The first-order valence-electron chi connectivity index (χ1n) is 5.25. The average Bonchev–Trinajstić information content (AvgIpc) is 2.85. The summed E-state index contributed by atoms with van der Waals surface area (Å²) in [5.41, 5.74) is 6.88. The Morgan fingerprint density at radius 1 is 1.38 bits per heavy atom. The summed E-state index contributed by atoms with van der Waals surface area (Å²) in [6.07, 6.45) is 5.46. The summed E-state index contributed by atoms with van der Waals surface area (Å²) in [6, 6.07) is 4.19. The van der Waals surface area contributed by atoms with Crippen molar-refractivity contribution in [3.05, 3.63) is 48.1 Å².